The number of urea groups is 1. The van der Waals surface area contributed by atoms with Gasteiger partial charge in [0.2, 0.25) is 5.60 Å². The Labute approximate surface area is 352 Å². The monoisotopic (exact) mass is 824 g/mol. The van der Waals surface area contributed by atoms with Gasteiger partial charge in [0, 0.05) is 91.8 Å². The molecule has 1 saturated carbocycles. The number of benzene rings is 2. The van der Waals surface area contributed by atoms with E-state index in [0.29, 0.717) is 25.8 Å². The normalized spacial score (nSPS) is 36.6. The Kier molecular flexibility index (Phi) is 9.57. The van der Waals surface area contributed by atoms with Gasteiger partial charge in [-0.1, -0.05) is 32.1 Å². The summed E-state index contributed by atoms with van der Waals surface area (Å²) in [6.45, 7) is 13.8. The summed E-state index contributed by atoms with van der Waals surface area (Å²) in [5.74, 6) is -1.47. The number of methoxy groups -OCH3 is 1. The molecule has 3 fully saturated rings. The summed E-state index contributed by atoms with van der Waals surface area (Å²) in [6.07, 6.45) is 7.22. The van der Waals surface area contributed by atoms with Gasteiger partial charge >= 0.3 is 18.0 Å². The van der Waals surface area contributed by atoms with Crippen LogP contribution in [0.4, 0.5) is 14.9 Å². The smallest absolute Gasteiger partial charge is 0.344 e. The number of nitrogens with one attached hydrogen (secondary N) is 3. The second-order valence-electron chi connectivity index (χ2n) is 19.2. The molecular weight excluding hydrogens is 764 g/mol. The number of rotatable bonds is 6. The van der Waals surface area contributed by atoms with Crippen molar-refractivity contribution < 1.29 is 33.4 Å². The largest absolute Gasteiger partial charge is 0.467 e. The summed E-state index contributed by atoms with van der Waals surface area (Å²) in [5.41, 5.74) is 2.35. The first-order valence-corrected chi connectivity index (χ1v) is 21.9. The molecule has 6 heterocycles. The van der Waals surface area contributed by atoms with Gasteiger partial charge < -0.3 is 40.0 Å². The molecule has 10 atom stereocenters. The number of aryl methyl sites for hydroxylation is 1. The number of aliphatic hydroxyl groups is 1. The number of hydrogen-bond acceptors (Lipinski definition) is 9. The maximum atomic E-state index is 15.1. The van der Waals surface area contributed by atoms with E-state index in [-0.39, 0.29) is 23.8 Å². The van der Waals surface area contributed by atoms with Gasteiger partial charge in [-0.15, -0.1) is 0 Å². The Bertz CT molecular complexity index is 2310. The van der Waals surface area contributed by atoms with E-state index in [9.17, 15) is 19.5 Å². The van der Waals surface area contributed by atoms with Crippen molar-refractivity contribution in [3.05, 3.63) is 76.2 Å². The average Bonchev–Trinajstić information content (AvgIpc) is 3.88. The molecule has 1 aliphatic carbocycles. The molecule has 2 amide bonds. The van der Waals surface area contributed by atoms with Crippen LogP contribution in [0.5, 0.6) is 0 Å². The van der Waals surface area contributed by atoms with E-state index in [0.717, 1.165) is 90.0 Å². The number of piperidine rings is 1. The van der Waals surface area contributed by atoms with Crippen LogP contribution < -0.4 is 15.5 Å². The molecule has 4 N–H and O–H groups in total. The van der Waals surface area contributed by atoms with Crippen molar-refractivity contribution in [2.45, 2.75) is 113 Å². The fourth-order valence-corrected chi connectivity index (χ4v) is 14.0. The van der Waals surface area contributed by atoms with Gasteiger partial charge in [-0.05, 0) is 111 Å². The van der Waals surface area contributed by atoms with Crippen molar-refractivity contribution in [3.63, 3.8) is 0 Å². The maximum Gasteiger partial charge on any atom is 0.344 e. The van der Waals surface area contributed by atoms with Crippen LogP contribution in [0.1, 0.15) is 87.7 Å². The third kappa shape index (κ3) is 5.46. The zero-order chi connectivity index (χ0) is 42.7. The highest BCUT2D eigenvalue weighted by atomic mass is 19.1. The lowest BCUT2D eigenvalue weighted by atomic mass is 9.47. The molecule has 3 unspecified atom stereocenters. The molecule has 60 heavy (non-hydrogen) atoms. The van der Waals surface area contributed by atoms with Crippen LogP contribution >= 0.6 is 0 Å². The minimum atomic E-state index is -2.21. The molecule has 2 bridgehead atoms. The van der Waals surface area contributed by atoms with Crippen molar-refractivity contribution in [1.29, 1.82) is 0 Å². The number of H-pyrrole nitrogens is 1. The second kappa shape index (κ2) is 14.0. The highest BCUT2D eigenvalue weighted by Gasteiger charge is 2.80. The van der Waals surface area contributed by atoms with E-state index >= 15 is 4.39 Å². The lowest BCUT2D eigenvalue weighted by Gasteiger charge is -2.63. The summed E-state index contributed by atoms with van der Waals surface area (Å²) in [7, 11) is 4.89. The SMILES string of the molecule is CCC1(NC(=O)NC)C[C@H]2CN(CCc3c([nH]c4ccc(F)cc34)[C@@](C)(c3cc4c(cc3C)N(C)[C@H]3C(O)(C(=O)OC)[C@H](OC(C)=O)[C@]5(CC)C=CCN6CC[C@]43[C@@H]65)C2)C1. The number of hydrogen-bond donors (Lipinski definition) is 4. The molecule has 13 heteroatoms. The lowest BCUT2D eigenvalue weighted by Crippen LogP contribution is -2.81. The Balaban J connectivity index is 1.28. The number of aromatic amines is 1. The van der Waals surface area contributed by atoms with Gasteiger partial charge in [-0.2, -0.15) is 0 Å². The molecule has 1 aromatic heterocycles. The van der Waals surface area contributed by atoms with Crippen LogP contribution in [0.2, 0.25) is 0 Å². The van der Waals surface area contributed by atoms with Crippen molar-refractivity contribution in [2.24, 2.45) is 11.3 Å². The van der Waals surface area contributed by atoms with E-state index in [1.165, 1.54) is 20.1 Å². The van der Waals surface area contributed by atoms with E-state index in [2.05, 4.69) is 82.3 Å². The molecule has 1 spiro atoms. The topological polar surface area (TPSA) is 139 Å². The van der Waals surface area contributed by atoms with Gasteiger partial charge in [-0.25, -0.2) is 14.0 Å². The first kappa shape index (κ1) is 40.9. The van der Waals surface area contributed by atoms with Crippen LogP contribution in [0, 0.1) is 24.1 Å². The van der Waals surface area contributed by atoms with Crippen LogP contribution in [-0.2, 0) is 36.3 Å². The number of carbonyl (C=O) groups is 3. The number of carbonyl (C=O) groups excluding carboxylic acids is 3. The highest BCUT2D eigenvalue weighted by Crippen LogP contribution is 2.68. The van der Waals surface area contributed by atoms with Crippen molar-refractivity contribution >= 4 is 34.6 Å². The lowest BCUT2D eigenvalue weighted by molar-refractivity contribution is -0.228. The molecule has 12 nitrogen and oxygen atoms in total. The Morgan fingerprint density at radius 3 is 2.55 bits per heavy atom. The minimum absolute atomic E-state index is 0.184. The average molecular weight is 825 g/mol. The second-order valence-corrected chi connectivity index (χ2v) is 19.2. The van der Waals surface area contributed by atoms with Crippen LogP contribution in [0.15, 0.2) is 42.5 Å². The van der Waals surface area contributed by atoms with Crippen LogP contribution in [0.3, 0.4) is 0 Å². The number of aromatic nitrogens is 1. The van der Waals surface area contributed by atoms with Crippen molar-refractivity contribution in [3.8, 4) is 0 Å². The van der Waals surface area contributed by atoms with Gasteiger partial charge in [0.05, 0.1) is 18.7 Å². The van der Waals surface area contributed by atoms with E-state index in [4.69, 9.17) is 9.47 Å². The number of likely N-dealkylation sites (N-methyl/N-ethyl adjacent to an activating group) is 1. The van der Waals surface area contributed by atoms with E-state index < -0.39 is 51.5 Å². The molecule has 6 aliphatic rings. The third-order valence-corrected chi connectivity index (χ3v) is 16.1. The molecule has 3 aromatic rings. The number of esters is 2. The minimum Gasteiger partial charge on any atom is -0.467 e. The summed E-state index contributed by atoms with van der Waals surface area (Å²) in [6, 6.07) is 8.42. The molecule has 5 aliphatic heterocycles. The predicted molar refractivity (Wildman–Crippen MR) is 228 cm³/mol. The first-order chi connectivity index (χ1) is 28.5. The number of amides is 2. The Hall–Kier alpha value is -4.46. The quantitative estimate of drug-likeness (QED) is 0.195. The number of anilines is 1. The Morgan fingerprint density at radius 2 is 1.85 bits per heavy atom. The molecule has 2 aromatic carbocycles. The number of fused-ring (bicyclic) bond motifs is 6. The fraction of sp³-hybridized carbons (Fsp3) is 0.596. The molecule has 0 radical (unpaired) electrons. The molecule has 9 rings (SSSR count). The summed E-state index contributed by atoms with van der Waals surface area (Å²) in [4.78, 5) is 51.2. The number of ether oxygens (including phenoxy) is 2. The fourth-order valence-electron chi connectivity index (χ4n) is 14.0. The highest BCUT2D eigenvalue weighted by molar-refractivity contribution is 5.88. The summed E-state index contributed by atoms with van der Waals surface area (Å²) < 4.78 is 26.8. The Morgan fingerprint density at radius 1 is 1.07 bits per heavy atom. The first-order valence-electron chi connectivity index (χ1n) is 21.9. The standard InChI is InChI=1S/C47H61FN6O6/c1-9-44(51-42(57)49-6)24-29-23-43(5,37-31(14-18-53(25-29)26-44)32-21-30(48)12-13-35(32)50-37)33-22-34-36(20-27(33)3)52(7)39-46(34)16-19-54-17-11-15-45(10-2,38(46)54)40(60-28(4)55)47(39,58)41(56)59-8/h11-13,15,20-22,29,38-40,50,58H,9-10,14,16-19,23-26H2,1-8H3,(H2,49,51,57)/t29-,38-,39+,40+,43+,44?,45+,46+,47?/m0/s1. The zero-order valence-electron chi connectivity index (χ0n) is 36.3. The zero-order valence-corrected chi connectivity index (χ0v) is 36.3. The van der Waals surface area contributed by atoms with Gasteiger partial charge in [0.25, 0.3) is 0 Å². The van der Waals surface area contributed by atoms with Gasteiger partial charge in [0.15, 0.2) is 6.10 Å². The molecular formula is C47H61FN6O6. The van der Waals surface area contributed by atoms with E-state index in [1.807, 2.05) is 13.1 Å². The van der Waals surface area contributed by atoms with Crippen molar-refractivity contribution in [1.82, 2.24) is 25.4 Å². The summed E-state index contributed by atoms with van der Waals surface area (Å²) >= 11 is 0. The third-order valence-electron chi connectivity index (χ3n) is 16.1. The number of halogens is 1. The van der Waals surface area contributed by atoms with Crippen molar-refractivity contribution in [2.75, 3.05) is 58.8 Å². The summed E-state index contributed by atoms with van der Waals surface area (Å²) in [5, 5.41) is 20.3. The van der Waals surface area contributed by atoms with Gasteiger partial charge in [-0.3, -0.25) is 9.69 Å². The predicted octanol–water partition coefficient (Wildman–Crippen LogP) is 5.21. The molecule has 2 saturated heterocycles. The van der Waals surface area contributed by atoms with Crippen LogP contribution in [0.25, 0.3) is 10.9 Å². The molecule has 322 valence electrons. The number of nitrogens with zero attached hydrogens (tertiary/aromatic N) is 3. The van der Waals surface area contributed by atoms with E-state index in [1.54, 1.807) is 13.1 Å². The van der Waals surface area contributed by atoms with Crippen LogP contribution in [-0.4, -0.2) is 121 Å². The van der Waals surface area contributed by atoms with Gasteiger partial charge in [0.1, 0.15) is 5.82 Å². The maximum absolute atomic E-state index is 15.1.